The molecule has 0 saturated carbocycles. The minimum absolute atomic E-state index is 0.263. The quantitative estimate of drug-likeness (QED) is 0.674. The van der Waals surface area contributed by atoms with E-state index in [2.05, 4.69) is 10.3 Å². The first kappa shape index (κ1) is 17.3. The van der Waals surface area contributed by atoms with Crippen molar-refractivity contribution in [3.8, 4) is 5.75 Å². The van der Waals surface area contributed by atoms with Crippen LogP contribution in [0.4, 0.5) is 20.6 Å². The lowest BCUT2D eigenvalue weighted by Crippen LogP contribution is -2.58. The first-order chi connectivity index (χ1) is 12.5. The molecule has 1 fully saturated rings. The average Bonchev–Trinajstić information content (AvgIpc) is 2.63. The molecule has 1 aliphatic heterocycles. The molecule has 0 aromatic heterocycles. The van der Waals surface area contributed by atoms with Gasteiger partial charge in [-0.25, -0.2) is 14.1 Å². The van der Waals surface area contributed by atoms with Gasteiger partial charge in [-0.05, 0) is 36.4 Å². The van der Waals surface area contributed by atoms with Gasteiger partial charge in [0.05, 0.1) is 18.5 Å². The minimum Gasteiger partial charge on any atom is -0.497 e. The van der Waals surface area contributed by atoms with E-state index in [4.69, 9.17) is 4.74 Å². The number of rotatable bonds is 4. The average molecular weight is 355 g/mol. The number of carbonyl (C=O) groups is 3. The maximum Gasteiger partial charge on any atom is 0.335 e. The van der Waals surface area contributed by atoms with Crippen LogP contribution >= 0.6 is 0 Å². The van der Waals surface area contributed by atoms with Crippen LogP contribution in [0.5, 0.6) is 5.75 Å². The van der Waals surface area contributed by atoms with Crippen LogP contribution in [0, 0.1) is 11.7 Å². The highest BCUT2D eigenvalue weighted by molar-refractivity contribution is 6.32. The largest absolute Gasteiger partial charge is 0.497 e. The van der Waals surface area contributed by atoms with Crippen molar-refractivity contribution >= 4 is 35.4 Å². The summed E-state index contributed by atoms with van der Waals surface area (Å²) in [6.07, 6.45) is 1.13. The molecule has 4 amide bonds. The Kier molecular flexibility index (Phi) is 4.74. The molecular formula is C18H14FN3O4. The van der Waals surface area contributed by atoms with Crippen LogP contribution in [0.1, 0.15) is 0 Å². The van der Waals surface area contributed by atoms with Crippen LogP contribution in [0.3, 0.4) is 0 Å². The van der Waals surface area contributed by atoms with Gasteiger partial charge in [-0.3, -0.25) is 19.9 Å². The second-order valence-electron chi connectivity index (χ2n) is 5.40. The SMILES string of the molecule is COc1cccc(N2C(=O)NC(=O)[C@H](C=Nc3ccc(F)cc3)C2=O)c1. The van der Waals surface area contributed by atoms with Crippen LogP contribution in [-0.4, -0.2) is 31.2 Å². The van der Waals surface area contributed by atoms with Crippen molar-refractivity contribution in [1.29, 1.82) is 0 Å². The van der Waals surface area contributed by atoms with Crippen LogP contribution in [0.2, 0.25) is 0 Å². The lowest BCUT2D eigenvalue weighted by molar-refractivity contribution is -0.131. The van der Waals surface area contributed by atoms with E-state index in [9.17, 15) is 18.8 Å². The summed E-state index contributed by atoms with van der Waals surface area (Å²) in [5.74, 6) is -2.77. The predicted molar refractivity (Wildman–Crippen MR) is 92.1 cm³/mol. The number of benzene rings is 2. The molecule has 0 aliphatic carbocycles. The van der Waals surface area contributed by atoms with Gasteiger partial charge in [-0.2, -0.15) is 0 Å². The molecule has 0 bridgehead atoms. The van der Waals surface area contributed by atoms with Crippen molar-refractivity contribution in [2.75, 3.05) is 12.0 Å². The zero-order valence-corrected chi connectivity index (χ0v) is 13.7. The number of methoxy groups -OCH3 is 1. The van der Waals surface area contributed by atoms with Crippen molar-refractivity contribution in [3.63, 3.8) is 0 Å². The summed E-state index contributed by atoms with van der Waals surface area (Å²) >= 11 is 0. The number of urea groups is 1. The van der Waals surface area contributed by atoms with Crippen molar-refractivity contribution in [3.05, 3.63) is 54.3 Å². The smallest absolute Gasteiger partial charge is 0.335 e. The lowest BCUT2D eigenvalue weighted by atomic mass is 10.1. The Bertz CT molecular complexity index is 896. The molecule has 3 rings (SSSR count). The molecule has 7 nitrogen and oxygen atoms in total. The second-order valence-corrected chi connectivity index (χ2v) is 5.40. The number of amides is 4. The van der Waals surface area contributed by atoms with Gasteiger partial charge in [0, 0.05) is 12.3 Å². The monoisotopic (exact) mass is 355 g/mol. The van der Waals surface area contributed by atoms with Crippen molar-refractivity contribution in [2.45, 2.75) is 0 Å². The van der Waals surface area contributed by atoms with Gasteiger partial charge < -0.3 is 4.74 Å². The van der Waals surface area contributed by atoms with Gasteiger partial charge >= 0.3 is 6.03 Å². The molecule has 1 N–H and O–H groups in total. The van der Waals surface area contributed by atoms with E-state index in [1.54, 1.807) is 18.2 Å². The van der Waals surface area contributed by atoms with E-state index in [1.165, 1.54) is 37.4 Å². The Labute approximate surface area is 148 Å². The number of aliphatic imine (C=N–C) groups is 1. The third kappa shape index (κ3) is 3.44. The standard InChI is InChI=1S/C18H14FN3O4/c1-26-14-4-2-3-13(9-14)22-17(24)15(16(23)21-18(22)25)10-20-12-7-5-11(19)6-8-12/h2-10,15H,1H3,(H,21,23,25)/t15-/m0/s1. The number of nitrogens with zero attached hydrogens (tertiary/aromatic N) is 2. The number of anilines is 1. The molecule has 0 radical (unpaired) electrons. The molecule has 8 heteroatoms. The van der Waals surface area contributed by atoms with Gasteiger partial charge in [0.25, 0.3) is 5.91 Å². The van der Waals surface area contributed by atoms with Crippen LogP contribution < -0.4 is 15.0 Å². The van der Waals surface area contributed by atoms with Gasteiger partial charge in [-0.1, -0.05) is 6.07 Å². The molecule has 1 aliphatic rings. The molecule has 1 atom stereocenters. The van der Waals surface area contributed by atoms with Gasteiger partial charge in [0.2, 0.25) is 5.91 Å². The van der Waals surface area contributed by atoms with Gasteiger partial charge in [-0.15, -0.1) is 0 Å². The normalized spacial score (nSPS) is 17.5. The third-order valence-electron chi connectivity index (χ3n) is 3.71. The Balaban J connectivity index is 1.88. The topological polar surface area (TPSA) is 88.1 Å². The number of imide groups is 2. The first-order valence-electron chi connectivity index (χ1n) is 7.62. The highest BCUT2D eigenvalue weighted by atomic mass is 19.1. The number of halogens is 1. The highest BCUT2D eigenvalue weighted by Crippen LogP contribution is 2.24. The van der Waals surface area contributed by atoms with Crippen molar-refractivity contribution < 1.29 is 23.5 Å². The number of barbiturate groups is 1. The zero-order chi connectivity index (χ0) is 18.7. The first-order valence-corrected chi connectivity index (χ1v) is 7.62. The molecule has 0 spiro atoms. The van der Waals surface area contributed by atoms with Crippen LogP contribution in [-0.2, 0) is 9.59 Å². The fraction of sp³-hybridized carbons (Fsp3) is 0.111. The predicted octanol–water partition coefficient (Wildman–Crippen LogP) is 2.44. The summed E-state index contributed by atoms with van der Waals surface area (Å²) in [4.78, 5) is 41.7. The number of carbonyl (C=O) groups excluding carboxylic acids is 3. The Hall–Kier alpha value is -3.55. The number of hydrogen-bond donors (Lipinski definition) is 1. The Morgan fingerprint density at radius 2 is 1.88 bits per heavy atom. The fourth-order valence-corrected chi connectivity index (χ4v) is 2.40. The van der Waals surface area contributed by atoms with E-state index in [1.807, 2.05) is 0 Å². The molecule has 2 aromatic carbocycles. The third-order valence-corrected chi connectivity index (χ3v) is 3.71. The summed E-state index contributed by atoms with van der Waals surface area (Å²) in [5.41, 5.74) is 0.636. The van der Waals surface area contributed by atoms with E-state index < -0.39 is 29.6 Å². The molecule has 26 heavy (non-hydrogen) atoms. The van der Waals surface area contributed by atoms with E-state index in [0.29, 0.717) is 11.4 Å². The van der Waals surface area contributed by atoms with E-state index >= 15 is 0 Å². The number of ether oxygens (including phenoxy) is 1. The minimum atomic E-state index is -1.29. The molecule has 2 aromatic rings. The maximum atomic E-state index is 12.9. The lowest BCUT2D eigenvalue weighted by Gasteiger charge is -2.28. The number of nitrogens with one attached hydrogen (secondary N) is 1. The fourth-order valence-electron chi connectivity index (χ4n) is 2.40. The van der Waals surface area contributed by atoms with Gasteiger partial charge in [0.15, 0.2) is 5.92 Å². The van der Waals surface area contributed by atoms with Crippen molar-refractivity contribution in [2.24, 2.45) is 10.9 Å². The Morgan fingerprint density at radius 3 is 2.58 bits per heavy atom. The summed E-state index contributed by atoms with van der Waals surface area (Å²) in [5, 5.41) is 2.13. The summed E-state index contributed by atoms with van der Waals surface area (Å²) in [6, 6.07) is 10.7. The summed E-state index contributed by atoms with van der Waals surface area (Å²) in [7, 11) is 1.46. The zero-order valence-electron chi connectivity index (χ0n) is 13.7. The maximum absolute atomic E-state index is 12.9. The molecular weight excluding hydrogens is 341 g/mol. The van der Waals surface area contributed by atoms with E-state index in [-0.39, 0.29) is 5.69 Å². The van der Waals surface area contributed by atoms with Crippen LogP contribution in [0.25, 0.3) is 0 Å². The second kappa shape index (κ2) is 7.14. The molecule has 1 saturated heterocycles. The van der Waals surface area contributed by atoms with Crippen LogP contribution in [0.15, 0.2) is 53.5 Å². The highest BCUT2D eigenvalue weighted by Gasteiger charge is 2.40. The van der Waals surface area contributed by atoms with Gasteiger partial charge in [0.1, 0.15) is 11.6 Å². The van der Waals surface area contributed by atoms with E-state index in [0.717, 1.165) is 11.1 Å². The molecule has 0 unspecified atom stereocenters. The van der Waals surface area contributed by atoms with Crippen molar-refractivity contribution in [1.82, 2.24) is 5.32 Å². The number of hydrogen-bond acceptors (Lipinski definition) is 5. The molecule has 132 valence electrons. The Morgan fingerprint density at radius 1 is 1.15 bits per heavy atom. The molecule has 1 heterocycles. The summed E-state index contributed by atoms with van der Waals surface area (Å²) < 4.78 is 18.0. The summed E-state index contributed by atoms with van der Waals surface area (Å²) in [6.45, 7) is 0.